The molecule has 1 aliphatic heterocycles. The Morgan fingerprint density at radius 3 is 2.71 bits per heavy atom. The van der Waals surface area contributed by atoms with Gasteiger partial charge in [0, 0.05) is 29.8 Å². The third kappa shape index (κ3) is 3.13. The normalized spacial score (nSPS) is 17.2. The molecular formula is C13H19BrN2O. The van der Waals surface area contributed by atoms with E-state index in [-0.39, 0.29) is 6.10 Å². The summed E-state index contributed by atoms with van der Waals surface area (Å²) in [6.07, 6.45) is 1.61. The minimum atomic E-state index is -0.119. The fraction of sp³-hybridized carbons (Fsp3) is 0.538. The van der Waals surface area contributed by atoms with E-state index < -0.39 is 0 Å². The Morgan fingerprint density at radius 2 is 2.12 bits per heavy atom. The molecule has 1 aromatic carbocycles. The second kappa shape index (κ2) is 5.74. The Bertz CT molecular complexity index is 376. The SMILES string of the molecule is CCNc1ccc(N2CCC(O)CC2)c(Br)c1. The largest absolute Gasteiger partial charge is 0.393 e. The van der Waals surface area contributed by atoms with Crippen LogP contribution in [0.1, 0.15) is 19.8 Å². The highest BCUT2D eigenvalue weighted by atomic mass is 79.9. The quantitative estimate of drug-likeness (QED) is 0.901. The summed E-state index contributed by atoms with van der Waals surface area (Å²) in [6, 6.07) is 6.36. The predicted octanol–water partition coefficient (Wildman–Crippen LogP) is 2.84. The van der Waals surface area contributed by atoms with Crippen LogP contribution in [0, 0.1) is 0 Å². The van der Waals surface area contributed by atoms with Crippen LogP contribution >= 0.6 is 15.9 Å². The van der Waals surface area contributed by atoms with Gasteiger partial charge in [-0.3, -0.25) is 0 Å². The van der Waals surface area contributed by atoms with Crippen LogP contribution in [0.2, 0.25) is 0 Å². The number of aliphatic hydroxyl groups excluding tert-OH is 1. The third-order valence-electron chi connectivity index (χ3n) is 3.13. The van der Waals surface area contributed by atoms with Crippen molar-refractivity contribution in [3.8, 4) is 0 Å². The van der Waals surface area contributed by atoms with Gasteiger partial charge in [-0.2, -0.15) is 0 Å². The molecule has 17 heavy (non-hydrogen) atoms. The predicted molar refractivity (Wildman–Crippen MR) is 75.8 cm³/mol. The minimum absolute atomic E-state index is 0.119. The third-order valence-corrected chi connectivity index (χ3v) is 3.77. The number of hydrogen-bond donors (Lipinski definition) is 2. The standard InChI is InChI=1S/C13H19BrN2O/c1-2-15-10-3-4-13(12(14)9-10)16-7-5-11(17)6-8-16/h3-4,9,11,15,17H,2,5-8H2,1H3. The van der Waals surface area contributed by atoms with Gasteiger partial charge in [-0.1, -0.05) is 0 Å². The molecule has 0 unspecified atom stereocenters. The lowest BCUT2D eigenvalue weighted by Gasteiger charge is -2.32. The fourth-order valence-electron chi connectivity index (χ4n) is 2.18. The van der Waals surface area contributed by atoms with Gasteiger partial charge in [-0.15, -0.1) is 0 Å². The topological polar surface area (TPSA) is 35.5 Å². The first-order valence-corrected chi connectivity index (χ1v) is 6.96. The zero-order valence-corrected chi connectivity index (χ0v) is 11.7. The summed E-state index contributed by atoms with van der Waals surface area (Å²) < 4.78 is 1.12. The van der Waals surface area contributed by atoms with Crippen molar-refractivity contribution in [2.24, 2.45) is 0 Å². The number of rotatable bonds is 3. The Kier molecular flexibility index (Phi) is 4.29. The molecule has 1 saturated heterocycles. The molecule has 4 heteroatoms. The van der Waals surface area contributed by atoms with Crippen molar-refractivity contribution in [1.82, 2.24) is 0 Å². The van der Waals surface area contributed by atoms with Crippen LogP contribution in [0.15, 0.2) is 22.7 Å². The number of hydrogen-bond acceptors (Lipinski definition) is 3. The molecule has 2 N–H and O–H groups in total. The average molecular weight is 299 g/mol. The Labute approximate surface area is 111 Å². The van der Waals surface area contributed by atoms with Crippen LogP contribution in [-0.2, 0) is 0 Å². The van der Waals surface area contributed by atoms with Gasteiger partial charge in [0.1, 0.15) is 0 Å². The molecule has 0 spiro atoms. The molecule has 0 amide bonds. The lowest BCUT2D eigenvalue weighted by atomic mass is 10.1. The highest BCUT2D eigenvalue weighted by molar-refractivity contribution is 9.10. The maximum atomic E-state index is 9.51. The average Bonchev–Trinajstić information content (AvgIpc) is 2.31. The number of nitrogens with one attached hydrogen (secondary N) is 1. The molecule has 3 nitrogen and oxygen atoms in total. The Balaban J connectivity index is 2.10. The summed E-state index contributed by atoms with van der Waals surface area (Å²) in [7, 11) is 0. The highest BCUT2D eigenvalue weighted by Gasteiger charge is 2.18. The van der Waals surface area contributed by atoms with Gasteiger partial charge >= 0.3 is 0 Å². The molecule has 0 atom stereocenters. The molecule has 0 aliphatic carbocycles. The van der Waals surface area contributed by atoms with Crippen LogP contribution in [-0.4, -0.2) is 30.8 Å². The van der Waals surface area contributed by atoms with Crippen molar-refractivity contribution >= 4 is 27.3 Å². The molecular weight excluding hydrogens is 280 g/mol. The maximum Gasteiger partial charge on any atom is 0.0574 e. The first-order valence-electron chi connectivity index (χ1n) is 6.17. The van der Waals surface area contributed by atoms with E-state index >= 15 is 0 Å². The highest BCUT2D eigenvalue weighted by Crippen LogP contribution is 2.31. The van der Waals surface area contributed by atoms with Crippen LogP contribution in [0.5, 0.6) is 0 Å². The van der Waals surface area contributed by atoms with E-state index in [4.69, 9.17) is 0 Å². The Morgan fingerprint density at radius 1 is 1.41 bits per heavy atom. The van der Waals surface area contributed by atoms with Gasteiger partial charge in [0.2, 0.25) is 0 Å². The van der Waals surface area contributed by atoms with E-state index in [1.807, 2.05) is 0 Å². The summed E-state index contributed by atoms with van der Waals surface area (Å²) in [5, 5.41) is 12.8. The first kappa shape index (κ1) is 12.7. The van der Waals surface area contributed by atoms with Crippen LogP contribution in [0.4, 0.5) is 11.4 Å². The van der Waals surface area contributed by atoms with E-state index in [0.717, 1.165) is 42.6 Å². The smallest absolute Gasteiger partial charge is 0.0574 e. The molecule has 2 rings (SSSR count). The fourth-order valence-corrected chi connectivity index (χ4v) is 2.81. The molecule has 0 aromatic heterocycles. The minimum Gasteiger partial charge on any atom is -0.393 e. The summed E-state index contributed by atoms with van der Waals surface area (Å²) in [4.78, 5) is 2.33. The number of halogens is 1. The van der Waals surface area contributed by atoms with Gasteiger partial charge < -0.3 is 15.3 Å². The van der Waals surface area contributed by atoms with Crippen molar-refractivity contribution < 1.29 is 5.11 Å². The summed E-state index contributed by atoms with van der Waals surface area (Å²) in [6.45, 7) is 4.89. The van der Waals surface area contributed by atoms with Gasteiger partial charge in [-0.25, -0.2) is 0 Å². The molecule has 0 radical (unpaired) electrons. The summed E-state index contributed by atoms with van der Waals surface area (Å²) >= 11 is 3.62. The van der Waals surface area contributed by atoms with Crippen LogP contribution < -0.4 is 10.2 Å². The van der Waals surface area contributed by atoms with E-state index in [9.17, 15) is 5.11 Å². The summed E-state index contributed by atoms with van der Waals surface area (Å²) in [5.74, 6) is 0. The van der Waals surface area contributed by atoms with Crippen LogP contribution in [0.25, 0.3) is 0 Å². The molecule has 0 bridgehead atoms. The lowest BCUT2D eigenvalue weighted by Crippen LogP contribution is -2.35. The van der Waals surface area contributed by atoms with E-state index in [1.165, 1.54) is 5.69 Å². The number of aliphatic hydroxyl groups is 1. The van der Waals surface area contributed by atoms with E-state index in [0.29, 0.717) is 0 Å². The van der Waals surface area contributed by atoms with Crippen molar-refractivity contribution in [1.29, 1.82) is 0 Å². The molecule has 94 valence electrons. The summed E-state index contributed by atoms with van der Waals surface area (Å²) in [5.41, 5.74) is 2.36. The number of benzene rings is 1. The molecule has 1 aromatic rings. The number of nitrogens with zero attached hydrogens (tertiary/aromatic N) is 1. The van der Waals surface area contributed by atoms with E-state index in [1.54, 1.807) is 0 Å². The van der Waals surface area contributed by atoms with Gasteiger partial charge in [0.05, 0.1) is 11.8 Å². The van der Waals surface area contributed by atoms with Gasteiger partial charge in [0.15, 0.2) is 0 Å². The van der Waals surface area contributed by atoms with Crippen LogP contribution in [0.3, 0.4) is 0 Å². The maximum absolute atomic E-state index is 9.51. The van der Waals surface area contributed by atoms with Crippen molar-refractivity contribution in [2.45, 2.75) is 25.9 Å². The Hall–Kier alpha value is -0.740. The lowest BCUT2D eigenvalue weighted by molar-refractivity contribution is 0.145. The van der Waals surface area contributed by atoms with Crippen molar-refractivity contribution in [2.75, 3.05) is 29.9 Å². The molecule has 1 fully saturated rings. The number of piperidine rings is 1. The second-order valence-electron chi connectivity index (χ2n) is 4.41. The van der Waals surface area contributed by atoms with Gasteiger partial charge in [-0.05, 0) is 53.9 Å². The second-order valence-corrected chi connectivity index (χ2v) is 5.27. The first-order chi connectivity index (χ1) is 8.20. The van der Waals surface area contributed by atoms with Crippen molar-refractivity contribution in [3.05, 3.63) is 22.7 Å². The molecule has 1 aliphatic rings. The van der Waals surface area contributed by atoms with Gasteiger partial charge in [0.25, 0.3) is 0 Å². The zero-order chi connectivity index (χ0) is 12.3. The zero-order valence-electron chi connectivity index (χ0n) is 10.1. The monoisotopic (exact) mass is 298 g/mol. The molecule has 1 heterocycles. The molecule has 0 saturated carbocycles. The number of anilines is 2. The van der Waals surface area contributed by atoms with E-state index in [2.05, 4.69) is 51.3 Å². The van der Waals surface area contributed by atoms with Crippen molar-refractivity contribution in [3.63, 3.8) is 0 Å².